The molecule has 2 N–H and O–H groups in total. The number of fused-ring (bicyclic) bond motifs is 1. The molecule has 106 valence electrons. The van der Waals surface area contributed by atoms with Crippen molar-refractivity contribution in [1.82, 2.24) is 0 Å². The molecule has 0 saturated carbocycles. The van der Waals surface area contributed by atoms with E-state index >= 15 is 0 Å². The molecule has 0 fully saturated rings. The number of nitrogens with one attached hydrogen (secondary N) is 1. The lowest BCUT2D eigenvalue weighted by molar-refractivity contribution is 0.210. The highest BCUT2D eigenvalue weighted by Gasteiger charge is 2.15. The molecule has 0 aliphatic heterocycles. The predicted octanol–water partition coefficient (Wildman–Crippen LogP) is 2.57. The average molecular weight is 276 g/mol. The van der Waals surface area contributed by atoms with Crippen molar-refractivity contribution in [2.75, 3.05) is 24.3 Å². The van der Waals surface area contributed by atoms with Crippen LogP contribution in [0.5, 0.6) is 0 Å². The molecule has 6 heteroatoms. The maximum atomic E-state index is 12.4. The Morgan fingerprint density at radius 3 is 2.50 bits per heavy atom. The van der Waals surface area contributed by atoms with Crippen molar-refractivity contribution in [3.8, 4) is 0 Å². The molecule has 0 spiro atoms. The molecule has 0 aliphatic rings. The van der Waals surface area contributed by atoms with E-state index < -0.39 is 6.09 Å². The van der Waals surface area contributed by atoms with Crippen LogP contribution in [0.25, 0.3) is 11.0 Å². The predicted molar refractivity (Wildman–Crippen MR) is 77.9 cm³/mol. The van der Waals surface area contributed by atoms with Gasteiger partial charge in [-0.15, -0.1) is 0 Å². The Morgan fingerprint density at radius 1 is 1.30 bits per heavy atom. The fraction of sp³-hybridized carbons (Fsp3) is 0.286. The minimum atomic E-state index is -1.16. The summed E-state index contributed by atoms with van der Waals surface area (Å²) >= 11 is 0. The van der Waals surface area contributed by atoms with E-state index in [1.807, 2.05) is 0 Å². The largest absolute Gasteiger partial charge is 0.465 e. The minimum Gasteiger partial charge on any atom is -0.465 e. The third kappa shape index (κ3) is 2.32. The van der Waals surface area contributed by atoms with Crippen LogP contribution in [0.2, 0.25) is 0 Å². The third-order valence-electron chi connectivity index (χ3n) is 3.05. The summed E-state index contributed by atoms with van der Waals surface area (Å²) in [5, 5.41) is 11.5. The van der Waals surface area contributed by atoms with Gasteiger partial charge in [-0.2, -0.15) is 0 Å². The maximum Gasteiger partial charge on any atom is 0.409 e. The van der Waals surface area contributed by atoms with Crippen LogP contribution in [0.3, 0.4) is 0 Å². The van der Waals surface area contributed by atoms with Crippen LogP contribution in [-0.2, 0) is 0 Å². The van der Waals surface area contributed by atoms with Gasteiger partial charge in [-0.25, -0.2) is 4.79 Å². The van der Waals surface area contributed by atoms with Crippen LogP contribution < -0.4 is 15.6 Å². The molecule has 2 rings (SSSR count). The van der Waals surface area contributed by atoms with Crippen LogP contribution in [0.15, 0.2) is 21.3 Å². The molecule has 1 amide bonds. The van der Waals surface area contributed by atoms with Gasteiger partial charge in [-0.1, -0.05) is 0 Å². The lowest BCUT2D eigenvalue weighted by Gasteiger charge is -2.15. The van der Waals surface area contributed by atoms with E-state index in [1.54, 1.807) is 38.9 Å². The van der Waals surface area contributed by atoms with Gasteiger partial charge in [0, 0.05) is 25.8 Å². The molecule has 0 radical (unpaired) electrons. The van der Waals surface area contributed by atoms with Gasteiger partial charge in [0.05, 0.1) is 10.9 Å². The van der Waals surface area contributed by atoms with Crippen molar-refractivity contribution in [3.63, 3.8) is 0 Å². The van der Waals surface area contributed by atoms with Gasteiger partial charge in [0.15, 0.2) is 5.43 Å². The van der Waals surface area contributed by atoms with Crippen LogP contribution >= 0.6 is 0 Å². The fourth-order valence-corrected chi connectivity index (χ4v) is 2.21. The normalized spacial score (nSPS) is 10.6. The Kier molecular flexibility index (Phi) is 3.40. The van der Waals surface area contributed by atoms with E-state index in [2.05, 4.69) is 5.32 Å². The standard InChI is InChI=1S/C14H16N2O4/c1-7-5-9(15-14(18)19)6-10-11(7)12(17)8(2)13(20-10)16(3)4/h5-6,15H,1-4H3,(H,18,19). The molecule has 0 unspecified atom stereocenters. The van der Waals surface area contributed by atoms with Crippen molar-refractivity contribution in [1.29, 1.82) is 0 Å². The van der Waals surface area contributed by atoms with Crippen molar-refractivity contribution < 1.29 is 14.3 Å². The molecule has 0 bridgehead atoms. The average Bonchev–Trinajstić information content (AvgIpc) is 2.31. The summed E-state index contributed by atoms with van der Waals surface area (Å²) in [6.45, 7) is 3.46. The molecule has 6 nitrogen and oxygen atoms in total. The topological polar surface area (TPSA) is 82.8 Å². The molecule has 1 aromatic heterocycles. The molecule has 20 heavy (non-hydrogen) atoms. The zero-order valence-corrected chi connectivity index (χ0v) is 11.8. The quantitative estimate of drug-likeness (QED) is 0.880. The lowest BCUT2D eigenvalue weighted by Crippen LogP contribution is -2.17. The number of nitrogens with zero attached hydrogens (tertiary/aromatic N) is 1. The third-order valence-corrected chi connectivity index (χ3v) is 3.05. The van der Waals surface area contributed by atoms with Crippen molar-refractivity contribution >= 4 is 28.6 Å². The summed E-state index contributed by atoms with van der Waals surface area (Å²) in [4.78, 5) is 24.8. The Balaban J connectivity index is 2.79. The van der Waals surface area contributed by atoms with Crippen molar-refractivity contribution in [2.45, 2.75) is 13.8 Å². The Bertz CT molecular complexity index is 747. The molecule has 0 saturated heterocycles. The zero-order valence-electron chi connectivity index (χ0n) is 11.8. The molecule has 2 aromatic rings. The first-order valence-corrected chi connectivity index (χ1v) is 6.06. The molecule has 1 heterocycles. The van der Waals surface area contributed by atoms with Crippen LogP contribution in [-0.4, -0.2) is 25.3 Å². The SMILES string of the molecule is Cc1c(N(C)C)oc2cc(NC(=O)O)cc(C)c2c1=O. The Hall–Kier alpha value is -2.50. The summed E-state index contributed by atoms with van der Waals surface area (Å²) in [6.07, 6.45) is -1.16. The highest BCUT2D eigenvalue weighted by molar-refractivity contribution is 5.90. The van der Waals surface area contributed by atoms with E-state index in [0.29, 0.717) is 33.7 Å². The van der Waals surface area contributed by atoms with Crippen LogP contribution in [0.1, 0.15) is 11.1 Å². The van der Waals surface area contributed by atoms with E-state index in [1.165, 1.54) is 6.07 Å². The number of benzene rings is 1. The number of carbonyl (C=O) groups is 1. The van der Waals surface area contributed by atoms with Crippen molar-refractivity contribution in [3.05, 3.63) is 33.5 Å². The van der Waals surface area contributed by atoms with Crippen LogP contribution in [0, 0.1) is 13.8 Å². The summed E-state index contributed by atoms with van der Waals surface area (Å²) in [5.41, 5.74) is 1.85. The summed E-state index contributed by atoms with van der Waals surface area (Å²) in [7, 11) is 3.56. The smallest absolute Gasteiger partial charge is 0.409 e. The Labute approximate surface area is 115 Å². The molecule has 0 aliphatic carbocycles. The maximum absolute atomic E-state index is 12.4. The zero-order chi connectivity index (χ0) is 15.0. The van der Waals surface area contributed by atoms with Gasteiger partial charge in [-0.3, -0.25) is 10.1 Å². The highest BCUT2D eigenvalue weighted by Crippen LogP contribution is 2.26. The van der Waals surface area contributed by atoms with Gasteiger partial charge in [0.25, 0.3) is 0 Å². The lowest BCUT2D eigenvalue weighted by atomic mass is 10.1. The Morgan fingerprint density at radius 2 is 1.95 bits per heavy atom. The number of aryl methyl sites for hydroxylation is 1. The number of anilines is 2. The van der Waals surface area contributed by atoms with Gasteiger partial charge in [-0.05, 0) is 25.5 Å². The summed E-state index contributed by atoms with van der Waals surface area (Å²) < 4.78 is 5.73. The molecule has 0 atom stereocenters. The number of rotatable bonds is 2. The van der Waals surface area contributed by atoms with Crippen molar-refractivity contribution in [2.24, 2.45) is 0 Å². The second kappa shape index (κ2) is 4.88. The second-order valence-corrected chi connectivity index (χ2v) is 4.85. The number of carboxylic acid groups (broad SMARTS) is 1. The van der Waals surface area contributed by atoms with Gasteiger partial charge < -0.3 is 14.4 Å². The highest BCUT2D eigenvalue weighted by atomic mass is 16.4. The van der Waals surface area contributed by atoms with Crippen LogP contribution in [0.4, 0.5) is 16.4 Å². The van der Waals surface area contributed by atoms with E-state index in [4.69, 9.17) is 9.52 Å². The molecular formula is C14H16N2O4. The fourth-order valence-electron chi connectivity index (χ4n) is 2.21. The number of hydrogen-bond donors (Lipinski definition) is 2. The molecular weight excluding hydrogens is 260 g/mol. The minimum absolute atomic E-state index is 0.102. The number of hydrogen-bond acceptors (Lipinski definition) is 4. The van der Waals surface area contributed by atoms with Gasteiger partial charge in [0.1, 0.15) is 5.58 Å². The van der Waals surface area contributed by atoms with Gasteiger partial charge >= 0.3 is 6.09 Å². The first kappa shape index (κ1) is 13.9. The molecule has 1 aromatic carbocycles. The number of amides is 1. The summed E-state index contributed by atoms with van der Waals surface area (Å²) in [5.74, 6) is 0.467. The van der Waals surface area contributed by atoms with E-state index in [9.17, 15) is 9.59 Å². The second-order valence-electron chi connectivity index (χ2n) is 4.85. The van der Waals surface area contributed by atoms with E-state index in [0.717, 1.165) is 0 Å². The summed E-state index contributed by atoms with van der Waals surface area (Å²) in [6, 6.07) is 3.13. The monoisotopic (exact) mass is 276 g/mol. The first-order chi connectivity index (χ1) is 9.31. The van der Waals surface area contributed by atoms with Gasteiger partial charge in [0.2, 0.25) is 5.88 Å². The van der Waals surface area contributed by atoms with E-state index in [-0.39, 0.29) is 5.43 Å². The first-order valence-electron chi connectivity index (χ1n) is 6.06.